The third kappa shape index (κ3) is 4.44. The summed E-state index contributed by atoms with van der Waals surface area (Å²) in [5.41, 5.74) is 1.81. The predicted molar refractivity (Wildman–Crippen MR) is 92.5 cm³/mol. The van der Waals surface area contributed by atoms with Crippen molar-refractivity contribution in [3.63, 3.8) is 0 Å². The fourth-order valence-corrected chi connectivity index (χ4v) is 3.46. The molecule has 24 heavy (non-hydrogen) atoms. The number of sulfone groups is 1. The fraction of sp³-hybridized carbons (Fsp3) is 0.412. The van der Waals surface area contributed by atoms with Crippen molar-refractivity contribution in [1.82, 2.24) is 5.16 Å². The molecule has 0 aliphatic rings. The van der Waals surface area contributed by atoms with E-state index in [0.717, 1.165) is 5.56 Å². The van der Waals surface area contributed by atoms with Crippen LogP contribution in [0.15, 0.2) is 34.9 Å². The lowest BCUT2D eigenvalue weighted by atomic mass is 10.0. The highest BCUT2D eigenvalue weighted by Gasteiger charge is 2.28. The molecule has 7 heteroatoms. The molecule has 130 valence electrons. The zero-order valence-electron chi connectivity index (χ0n) is 14.2. The van der Waals surface area contributed by atoms with Gasteiger partial charge in [-0.1, -0.05) is 43.3 Å². The zero-order chi connectivity index (χ0) is 17.9. The molecular formula is C17H22N2O4S. The number of anilines is 1. The number of hydrogen-bond donors (Lipinski definition) is 1. The largest absolute Gasteiger partial charge is 0.360 e. The summed E-state index contributed by atoms with van der Waals surface area (Å²) in [5.74, 6) is 0.318. The van der Waals surface area contributed by atoms with Crippen molar-refractivity contribution < 1.29 is 17.7 Å². The van der Waals surface area contributed by atoms with Gasteiger partial charge in [-0.2, -0.15) is 0 Å². The van der Waals surface area contributed by atoms with Crippen LogP contribution in [0.5, 0.6) is 0 Å². The van der Waals surface area contributed by atoms with Crippen molar-refractivity contribution >= 4 is 21.6 Å². The molecule has 1 atom stereocenters. The highest BCUT2D eigenvalue weighted by atomic mass is 32.2. The molecule has 0 saturated heterocycles. The number of benzene rings is 1. The van der Waals surface area contributed by atoms with Crippen LogP contribution in [0.2, 0.25) is 0 Å². The van der Waals surface area contributed by atoms with Crippen LogP contribution in [0.3, 0.4) is 0 Å². The fourth-order valence-electron chi connectivity index (χ4n) is 2.17. The Balaban J connectivity index is 2.06. The third-order valence-corrected chi connectivity index (χ3v) is 5.83. The van der Waals surface area contributed by atoms with E-state index in [0.29, 0.717) is 17.2 Å². The highest BCUT2D eigenvalue weighted by Crippen LogP contribution is 2.18. The highest BCUT2D eigenvalue weighted by molar-refractivity contribution is 7.92. The Morgan fingerprint density at radius 2 is 1.83 bits per heavy atom. The number of nitrogens with zero attached hydrogens (tertiary/aromatic N) is 1. The Morgan fingerprint density at radius 1 is 1.21 bits per heavy atom. The minimum absolute atomic E-state index is 0.183. The predicted octanol–water partition coefficient (Wildman–Crippen LogP) is 3.05. The van der Waals surface area contributed by atoms with Crippen LogP contribution < -0.4 is 5.32 Å². The van der Waals surface area contributed by atoms with Crippen molar-refractivity contribution in [1.29, 1.82) is 0 Å². The van der Waals surface area contributed by atoms with Crippen LogP contribution in [0.4, 0.5) is 5.82 Å². The second kappa shape index (κ2) is 7.17. The van der Waals surface area contributed by atoms with Gasteiger partial charge in [-0.05, 0) is 30.9 Å². The van der Waals surface area contributed by atoms with Crippen LogP contribution in [0.1, 0.15) is 43.6 Å². The molecule has 1 aromatic heterocycles. The van der Waals surface area contributed by atoms with Crippen molar-refractivity contribution in [2.75, 3.05) is 5.32 Å². The van der Waals surface area contributed by atoms with Crippen LogP contribution in [0, 0.1) is 6.92 Å². The van der Waals surface area contributed by atoms with Gasteiger partial charge in [0.15, 0.2) is 15.7 Å². The average molecular weight is 350 g/mol. The summed E-state index contributed by atoms with van der Waals surface area (Å²) in [6.45, 7) is 7.21. The number of carbonyl (C=O) groups excluding carboxylic acids is 1. The normalized spacial score (nSPS) is 13.0. The Morgan fingerprint density at radius 3 is 2.33 bits per heavy atom. The first-order chi connectivity index (χ1) is 11.2. The number of hydrogen-bond acceptors (Lipinski definition) is 5. The van der Waals surface area contributed by atoms with Gasteiger partial charge < -0.3 is 9.84 Å². The Hall–Kier alpha value is -2.15. The van der Waals surface area contributed by atoms with Gasteiger partial charge in [0.25, 0.3) is 0 Å². The van der Waals surface area contributed by atoms with Crippen LogP contribution in [-0.4, -0.2) is 24.7 Å². The lowest BCUT2D eigenvalue weighted by Gasteiger charge is -2.13. The van der Waals surface area contributed by atoms with Crippen molar-refractivity contribution in [3.05, 3.63) is 47.2 Å². The van der Waals surface area contributed by atoms with Crippen molar-refractivity contribution in [2.45, 2.75) is 44.6 Å². The summed E-state index contributed by atoms with van der Waals surface area (Å²) in [6.07, 6.45) is 0. The van der Waals surface area contributed by atoms with Gasteiger partial charge in [0.05, 0.1) is 5.75 Å². The molecule has 2 aromatic rings. The maximum atomic E-state index is 12.5. The molecule has 0 aliphatic carbocycles. The molecule has 0 spiro atoms. The molecule has 1 unspecified atom stereocenters. The third-order valence-electron chi connectivity index (χ3n) is 3.80. The number of nitrogens with one attached hydrogen (secondary N) is 1. The molecule has 1 heterocycles. The van der Waals surface area contributed by atoms with E-state index in [9.17, 15) is 13.2 Å². The van der Waals surface area contributed by atoms with E-state index in [1.54, 1.807) is 19.1 Å². The minimum Gasteiger partial charge on any atom is -0.360 e. The van der Waals surface area contributed by atoms with Gasteiger partial charge in [0.1, 0.15) is 11.0 Å². The first-order valence-electron chi connectivity index (χ1n) is 7.73. The number of amides is 1. The van der Waals surface area contributed by atoms with Gasteiger partial charge in [0, 0.05) is 6.07 Å². The van der Waals surface area contributed by atoms with E-state index < -0.39 is 21.0 Å². The molecule has 2 rings (SSSR count). The second-order valence-electron chi connectivity index (χ2n) is 6.16. The first kappa shape index (κ1) is 18.2. The van der Waals surface area contributed by atoms with Crippen molar-refractivity contribution in [3.8, 4) is 0 Å². The molecule has 0 saturated carbocycles. The summed E-state index contributed by atoms with van der Waals surface area (Å²) in [7, 11) is -3.63. The van der Waals surface area contributed by atoms with E-state index >= 15 is 0 Å². The van der Waals surface area contributed by atoms with Crippen LogP contribution >= 0.6 is 0 Å². The summed E-state index contributed by atoms with van der Waals surface area (Å²) in [5, 5.41) is 4.90. The van der Waals surface area contributed by atoms with E-state index in [1.165, 1.54) is 13.0 Å². The topological polar surface area (TPSA) is 89.3 Å². The van der Waals surface area contributed by atoms with Gasteiger partial charge in [-0.15, -0.1) is 0 Å². The number of aromatic nitrogens is 1. The molecule has 0 aliphatic heterocycles. The monoisotopic (exact) mass is 350 g/mol. The molecule has 0 bridgehead atoms. The number of carbonyl (C=O) groups is 1. The number of aryl methyl sites for hydroxylation is 1. The van der Waals surface area contributed by atoms with Gasteiger partial charge in [-0.25, -0.2) is 8.42 Å². The standard InChI is InChI=1S/C17H22N2O4S/c1-11(2)15-7-5-14(6-8-15)10-24(21,22)13(4)17(20)18-16-9-12(3)23-19-16/h5-9,11,13H,10H2,1-4H3,(H,18,19,20). The molecule has 6 nitrogen and oxygen atoms in total. The van der Waals surface area contributed by atoms with Gasteiger partial charge in [0.2, 0.25) is 5.91 Å². The van der Waals surface area contributed by atoms with E-state index in [1.807, 2.05) is 12.1 Å². The van der Waals surface area contributed by atoms with Crippen LogP contribution in [0.25, 0.3) is 0 Å². The van der Waals surface area contributed by atoms with E-state index in [-0.39, 0.29) is 11.6 Å². The lowest BCUT2D eigenvalue weighted by molar-refractivity contribution is -0.115. The molecule has 1 aromatic carbocycles. The smallest absolute Gasteiger partial charge is 0.243 e. The second-order valence-corrected chi connectivity index (χ2v) is 8.48. The molecule has 1 amide bonds. The van der Waals surface area contributed by atoms with E-state index in [2.05, 4.69) is 24.3 Å². The first-order valence-corrected chi connectivity index (χ1v) is 9.45. The Bertz CT molecular complexity index is 807. The van der Waals surface area contributed by atoms with Crippen LogP contribution in [-0.2, 0) is 20.4 Å². The summed E-state index contributed by atoms with van der Waals surface area (Å²) in [6, 6.07) is 8.94. The maximum absolute atomic E-state index is 12.5. The zero-order valence-corrected chi connectivity index (χ0v) is 15.1. The average Bonchev–Trinajstić information content (AvgIpc) is 2.91. The van der Waals surface area contributed by atoms with E-state index in [4.69, 9.17) is 4.52 Å². The Labute approximate surface area is 142 Å². The molecule has 0 fully saturated rings. The summed E-state index contributed by atoms with van der Waals surface area (Å²) in [4.78, 5) is 12.1. The molecule has 0 radical (unpaired) electrons. The van der Waals surface area contributed by atoms with Gasteiger partial charge in [-0.3, -0.25) is 4.79 Å². The maximum Gasteiger partial charge on any atom is 0.243 e. The molecular weight excluding hydrogens is 328 g/mol. The summed E-state index contributed by atoms with van der Waals surface area (Å²) < 4.78 is 29.7. The number of rotatable bonds is 6. The Kier molecular flexibility index (Phi) is 5.43. The summed E-state index contributed by atoms with van der Waals surface area (Å²) >= 11 is 0. The quantitative estimate of drug-likeness (QED) is 0.865. The van der Waals surface area contributed by atoms with Gasteiger partial charge >= 0.3 is 0 Å². The minimum atomic E-state index is -3.63. The SMILES string of the molecule is Cc1cc(NC(=O)C(C)S(=O)(=O)Cc2ccc(C(C)C)cc2)no1. The van der Waals surface area contributed by atoms with Crippen molar-refractivity contribution in [2.24, 2.45) is 0 Å². The lowest BCUT2D eigenvalue weighted by Crippen LogP contribution is -2.33. The molecule has 1 N–H and O–H groups in total.